The molecule has 0 aliphatic rings. The molecular weight excluding hydrogens is 733 g/mol. The van der Waals surface area contributed by atoms with Crippen molar-refractivity contribution in [2.24, 2.45) is 0 Å². The van der Waals surface area contributed by atoms with Crippen LogP contribution in [0.1, 0.15) is 278 Å². The summed E-state index contributed by atoms with van der Waals surface area (Å²) >= 11 is 0. The molecule has 0 fully saturated rings. The van der Waals surface area contributed by atoms with Crippen LogP contribution in [0.5, 0.6) is 0 Å². The molecule has 0 heterocycles. The first kappa shape index (κ1) is 56.9. The highest BCUT2D eigenvalue weighted by Crippen LogP contribution is 2.15. The molecule has 0 aliphatic carbocycles. The van der Waals surface area contributed by atoms with Crippen LogP contribution in [0.15, 0.2) is 24.3 Å². The van der Waals surface area contributed by atoms with Crippen molar-refractivity contribution >= 4 is 17.9 Å². The minimum absolute atomic E-state index is 0.0722. The van der Waals surface area contributed by atoms with Crippen LogP contribution in [-0.4, -0.2) is 37.2 Å². The van der Waals surface area contributed by atoms with Gasteiger partial charge in [0.1, 0.15) is 13.2 Å². The van der Waals surface area contributed by atoms with E-state index >= 15 is 0 Å². The maximum absolute atomic E-state index is 12.7. The van der Waals surface area contributed by atoms with Crippen LogP contribution >= 0.6 is 0 Å². The Kier molecular flexibility index (Phi) is 46.8. The highest BCUT2D eigenvalue weighted by Gasteiger charge is 2.19. The largest absolute Gasteiger partial charge is 0.462 e. The summed E-state index contributed by atoms with van der Waals surface area (Å²) in [6, 6.07) is 0. The van der Waals surface area contributed by atoms with Crippen LogP contribution in [-0.2, 0) is 28.6 Å². The van der Waals surface area contributed by atoms with Crippen LogP contribution < -0.4 is 0 Å². The summed E-state index contributed by atoms with van der Waals surface area (Å²) in [6.07, 6.45) is 54.7. The molecule has 6 heteroatoms. The van der Waals surface area contributed by atoms with Gasteiger partial charge in [-0.2, -0.15) is 0 Å². The van der Waals surface area contributed by atoms with E-state index < -0.39 is 6.10 Å². The highest BCUT2D eigenvalue weighted by atomic mass is 16.6. The van der Waals surface area contributed by atoms with Gasteiger partial charge in [-0.05, 0) is 64.2 Å². The van der Waals surface area contributed by atoms with E-state index in [1.165, 1.54) is 161 Å². The van der Waals surface area contributed by atoms with Gasteiger partial charge >= 0.3 is 17.9 Å². The fraction of sp³-hybridized carbons (Fsp3) is 0.868. The predicted molar refractivity (Wildman–Crippen MR) is 252 cm³/mol. The van der Waals surface area contributed by atoms with E-state index in [0.29, 0.717) is 19.3 Å². The number of carbonyl (C=O) groups is 3. The monoisotopic (exact) mass is 831 g/mol. The average molecular weight is 831 g/mol. The summed E-state index contributed by atoms with van der Waals surface area (Å²) < 4.78 is 16.7. The fourth-order valence-corrected chi connectivity index (χ4v) is 7.50. The molecule has 59 heavy (non-hydrogen) atoms. The molecule has 0 bridgehead atoms. The maximum atomic E-state index is 12.7. The topological polar surface area (TPSA) is 78.9 Å². The van der Waals surface area contributed by atoms with Gasteiger partial charge in [0.25, 0.3) is 0 Å². The van der Waals surface area contributed by atoms with E-state index in [2.05, 4.69) is 45.1 Å². The van der Waals surface area contributed by atoms with Crippen LogP contribution in [0.25, 0.3) is 0 Å². The second kappa shape index (κ2) is 48.6. The standard InChI is InChI=1S/C53H98O6/c1-4-7-10-13-16-19-21-22-23-24-25-26-27-28-29-30-31-32-33-35-37-40-43-46-52(55)58-49-50(48-57-51(54)45-42-39-36-18-15-12-9-6-3)59-53(56)47-44-41-38-34-20-17-14-11-8-5-2/h11,14,24-25,50H,4-10,12-13,15-23,26-49H2,1-3H3/b14-11-,25-24-. The first-order valence-electron chi connectivity index (χ1n) is 25.8. The minimum Gasteiger partial charge on any atom is -0.462 e. The van der Waals surface area contributed by atoms with Gasteiger partial charge in [-0.1, -0.05) is 218 Å². The summed E-state index contributed by atoms with van der Waals surface area (Å²) in [7, 11) is 0. The zero-order chi connectivity index (χ0) is 43.0. The van der Waals surface area contributed by atoms with Gasteiger partial charge in [0.15, 0.2) is 6.10 Å². The summed E-state index contributed by atoms with van der Waals surface area (Å²) in [5, 5.41) is 0. The van der Waals surface area contributed by atoms with E-state index in [1.807, 2.05) is 0 Å². The van der Waals surface area contributed by atoms with Crippen molar-refractivity contribution in [2.75, 3.05) is 13.2 Å². The lowest BCUT2D eigenvalue weighted by molar-refractivity contribution is -0.167. The SMILES string of the molecule is CCC/C=C\CCCCCCCC(=O)OC(COC(=O)CCCCCCCCCC)COC(=O)CCCCCCCCCCCCC/C=C\CCCCCCCCCC. The third kappa shape index (κ3) is 46.8. The molecule has 6 nitrogen and oxygen atoms in total. The zero-order valence-corrected chi connectivity index (χ0v) is 39.5. The molecule has 346 valence electrons. The number of hydrogen-bond donors (Lipinski definition) is 0. The summed E-state index contributed by atoms with van der Waals surface area (Å²) in [6.45, 7) is 6.56. The fourth-order valence-electron chi connectivity index (χ4n) is 7.50. The van der Waals surface area contributed by atoms with Crippen molar-refractivity contribution in [2.45, 2.75) is 284 Å². The quantitative estimate of drug-likeness (QED) is 0.0263. The van der Waals surface area contributed by atoms with Crippen LogP contribution in [0, 0.1) is 0 Å². The molecule has 0 saturated carbocycles. The Bertz CT molecular complexity index is 958. The molecule has 1 atom stereocenters. The number of allylic oxidation sites excluding steroid dienone is 4. The Balaban J connectivity index is 4.11. The molecule has 0 aliphatic heterocycles. The van der Waals surface area contributed by atoms with E-state index in [-0.39, 0.29) is 31.1 Å². The Morgan fingerprint density at radius 1 is 0.322 bits per heavy atom. The van der Waals surface area contributed by atoms with E-state index in [9.17, 15) is 14.4 Å². The number of ether oxygens (including phenoxy) is 3. The smallest absolute Gasteiger partial charge is 0.306 e. The number of hydrogen-bond acceptors (Lipinski definition) is 6. The molecule has 0 amide bonds. The Morgan fingerprint density at radius 3 is 0.915 bits per heavy atom. The lowest BCUT2D eigenvalue weighted by Crippen LogP contribution is -2.30. The Labute approximate surface area is 366 Å². The summed E-state index contributed by atoms with van der Waals surface area (Å²) in [5.41, 5.74) is 0. The van der Waals surface area contributed by atoms with Crippen LogP contribution in [0.2, 0.25) is 0 Å². The third-order valence-electron chi connectivity index (χ3n) is 11.4. The normalized spacial score (nSPS) is 12.1. The molecule has 0 saturated heterocycles. The third-order valence-corrected chi connectivity index (χ3v) is 11.4. The van der Waals surface area contributed by atoms with Crippen molar-refractivity contribution in [1.29, 1.82) is 0 Å². The number of rotatable bonds is 47. The van der Waals surface area contributed by atoms with E-state index in [0.717, 1.165) is 77.0 Å². The van der Waals surface area contributed by atoms with Crippen molar-refractivity contribution in [1.82, 2.24) is 0 Å². The van der Waals surface area contributed by atoms with Crippen molar-refractivity contribution in [3.8, 4) is 0 Å². The molecule has 0 radical (unpaired) electrons. The van der Waals surface area contributed by atoms with Crippen LogP contribution in [0.3, 0.4) is 0 Å². The first-order chi connectivity index (χ1) is 29.0. The lowest BCUT2D eigenvalue weighted by atomic mass is 10.0. The average Bonchev–Trinajstić information content (AvgIpc) is 3.23. The van der Waals surface area contributed by atoms with Crippen LogP contribution in [0.4, 0.5) is 0 Å². The molecule has 0 spiro atoms. The summed E-state index contributed by atoms with van der Waals surface area (Å²) in [5.74, 6) is -0.879. The molecular formula is C53H98O6. The van der Waals surface area contributed by atoms with Crippen molar-refractivity contribution in [3.63, 3.8) is 0 Å². The van der Waals surface area contributed by atoms with Gasteiger partial charge in [0.2, 0.25) is 0 Å². The Morgan fingerprint density at radius 2 is 0.593 bits per heavy atom. The highest BCUT2D eigenvalue weighted by molar-refractivity contribution is 5.71. The molecule has 1 unspecified atom stereocenters. The van der Waals surface area contributed by atoms with E-state index in [1.54, 1.807) is 0 Å². The predicted octanol–water partition coefficient (Wildman–Crippen LogP) is 16.8. The van der Waals surface area contributed by atoms with Gasteiger partial charge in [-0.3, -0.25) is 14.4 Å². The molecule has 0 N–H and O–H groups in total. The molecule has 0 aromatic heterocycles. The van der Waals surface area contributed by atoms with Gasteiger partial charge in [0.05, 0.1) is 0 Å². The van der Waals surface area contributed by atoms with Gasteiger partial charge in [-0.15, -0.1) is 0 Å². The van der Waals surface area contributed by atoms with Gasteiger partial charge in [-0.25, -0.2) is 0 Å². The van der Waals surface area contributed by atoms with E-state index in [4.69, 9.17) is 14.2 Å². The number of unbranched alkanes of at least 4 members (excludes halogenated alkanes) is 32. The first-order valence-corrected chi connectivity index (χ1v) is 25.8. The number of carbonyl (C=O) groups excluding carboxylic acids is 3. The van der Waals surface area contributed by atoms with Crippen molar-refractivity contribution < 1.29 is 28.6 Å². The Hall–Kier alpha value is -2.11. The molecule has 0 aromatic carbocycles. The zero-order valence-electron chi connectivity index (χ0n) is 39.5. The van der Waals surface area contributed by atoms with Gasteiger partial charge < -0.3 is 14.2 Å². The second-order valence-corrected chi connectivity index (χ2v) is 17.4. The molecule has 0 rings (SSSR count). The van der Waals surface area contributed by atoms with Crippen molar-refractivity contribution in [3.05, 3.63) is 24.3 Å². The molecule has 0 aromatic rings. The second-order valence-electron chi connectivity index (χ2n) is 17.4. The summed E-state index contributed by atoms with van der Waals surface area (Å²) in [4.78, 5) is 37.7. The lowest BCUT2D eigenvalue weighted by Gasteiger charge is -2.18. The van der Waals surface area contributed by atoms with Gasteiger partial charge in [0, 0.05) is 19.3 Å². The maximum Gasteiger partial charge on any atom is 0.306 e. The number of esters is 3. The minimum atomic E-state index is -0.768.